The number of carbonyl (C=O) groups excluding carboxylic acids is 1. The minimum Gasteiger partial charge on any atom is -0.481 e. The first-order chi connectivity index (χ1) is 8.88. The van der Waals surface area contributed by atoms with E-state index >= 15 is 0 Å². The van der Waals surface area contributed by atoms with E-state index in [1.807, 2.05) is 0 Å². The van der Waals surface area contributed by atoms with Crippen LogP contribution in [-0.2, 0) is 9.59 Å². The lowest BCUT2D eigenvalue weighted by molar-refractivity contribution is -0.148. The van der Waals surface area contributed by atoms with Gasteiger partial charge in [-0.3, -0.25) is 9.59 Å². The Morgan fingerprint density at radius 3 is 2.68 bits per heavy atom. The van der Waals surface area contributed by atoms with E-state index in [4.69, 9.17) is 14.6 Å². The van der Waals surface area contributed by atoms with Gasteiger partial charge in [0.1, 0.15) is 0 Å². The number of fused-ring (bicyclic) bond motifs is 1. The van der Waals surface area contributed by atoms with Gasteiger partial charge in [-0.15, -0.1) is 0 Å². The zero-order valence-corrected chi connectivity index (χ0v) is 10.7. The molecule has 1 aliphatic heterocycles. The van der Waals surface area contributed by atoms with Crippen molar-refractivity contribution in [3.05, 3.63) is 18.2 Å². The number of rotatable bonds is 4. The minimum absolute atomic E-state index is 0.100. The van der Waals surface area contributed by atoms with Gasteiger partial charge in [-0.25, -0.2) is 0 Å². The number of amides is 1. The van der Waals surface area contributed by atoms with Crippen molar-refractivity contribution in [1.29, 1.82) is 0 Å². The Labute approximate surface area is 110 Å². The highest BCUT2D eigenvalue weighted by atomic mass is 16.7. The summed E-state index contributed by atoms with van der Waals surface area (Å²) in [7, 11) is 0. The van der Waals surface area contributed by atoms with Gasteiger partial charge in [0.15, 0.2) is 11.5 Å². The molecule has 1 aliphatic rings. The van der Waals surface area contributed by atoms with Crippen LogP contribution in [0.15, 0.2) is 18.2 Å². The van der Waals surface area contributed by atoms with Crippen molar-refractivity contribution >= 4 is 17.6 Å². The predicted molar refractivity (Wildman–Crippen MR) is 67.2 cm³/mol. The van der Waals surface area contributed by atoms with Gasteiger partial charge in [-0.1, -0.05) is 0 Å². The summed E-state index contributed by atoms with van der Waals surface area (Å²) in [6.07, 6.45) is -0.100. The van der Waals surface area contributed by atoms with Crippen LogP contribution in [0.5, 0.6) is 11.5 Å². The summed E-state index contributed by atoms with van der Waals surface area (Å²) in [6.45, 7) is 3.18. The molecular formula is C13H15NO5. The van der Waals surface area contributed by atoms with E-state index in [-0.39, 0.29) is 19.1 Å². The van der Waals surface area contributed by atoms with Gasteiger partial charge < -0.3 is 19.9 Å². The third kappa shape index (κ3) is 2.96. The first-order valence-corrected chi connectivity index (χ1v) is 5.81. The van der Waals surface area contributed by atoms with Crippen LogP contribution >= 0.6 is 0 Å². The smallest absolute Gasteiger partial charge is 0.309 e. The lowest BCUT2D eigenvalue weighted by atomic mass is 9.89. The van der Waals surface area contributed by atoms with Crippen LogP contribution in [0.3, 0.4) is 0 Å². The monoisotopic (exact) mass is 265 g/mol. The number of hydrogen-bond acceptors (Lipinski definition) is 4. The molecule has 1 aromatic carbocycles. The highest BCUT2D eigenvalue weighted by molar-refractivity contribution is 5.94. The molecule has 1 aromatic rings. The Hall–Kier alpha value is -2.24. The van der Waals surface area contributed by atoms with Crippen LogP contribution in [0.1, 0.15) is 20.3 Å². The third-order valence-electron chi connectivity index (χ3n) is 2.84. The van der Waals surface area contributed by atoms with Crippen LogP contribution in [0.25, 0.3) is 0 Å². The molecule has 2 rings (SSSR count). The fourth-order valence-corrected chi connectivity index (χ4v) is 1.66. The molecule has 6 heteroatoms. The van der Waals surface area contributed by atoms with Gasteiger partial charge in [0.05, 0.1) is 5.41 Å². The standard InChI is InChI=1S/C13H15NO5/c1-13(2,12(16)17)6-11(15)14-8-3-4-9-10(5-8)19-7-18-9/h3-5H,6-7H2,1-2H3,(H,14,15)(H,16,17). The molecular weight excluding hydrogens is 250 g/mol. The van der Waals surface area contributed by atoms with Crippen molar-refractivity contribution in [2.75, 3.05) is 12.1 Å². The van der Waals surface area contributed by atoms with Gasteiger partial charge in [-0.05, 0) is 26.0 Å². The maximum absolute atomic E-state index is 11.8. The molecule has 0 aromatic heterocycles. The summed E-state index contributed by atoms with van der Waals surface area (Å²) in [6, 6.07) is 5.02. The van der Waals surface area contributed by atoms with Crippen LogP contribution in [0.4, 0.5) is 5.69 Å². The lowest BCUT2D eigenvalue weighted by Crippen LogP contribution is -2.29. The van der Waals surface area contributed by atoms with Gasteiger partial charge in [0.25, 0.3) is 0 Å². The van der Waals surface area contributed by atoms with Crippen molar-refractivity contribution in [2.45, 2.75) is 20.3 Å². The van der Waals surface area contributed by atoms with Crippen molar-refractivity contribution < 1.29 is 24.2 Å². The topological polar surface area (TPSA) is 84.9 Å². The average molecular weight is 265 g/mol. The number of ether oxygens (including phenoxy) is 2. The highest BCUT2D eigenvalue weighted by Crippen LogP contribution is 2.34. The number of benzene rings is 1. The van der Waals surface area contributed by atoms with Crippen molar-refractivity contribution in [3.63, 3.8) is 0 Å². The maximum atomic E-state index is 11.8. The summed E-state index contributed by atoms with van der Waals surface area (Å²) in [5.41, 5.74) is -0.545. The van der Waals surface area contributed by atoms with Crippen LogP contribution < -0.4 is 14.8 Å². The number of hydrogen-bond donors (Lipinski definition) is 2. The van der Waals surface area contributed by atoms with Gasteiger partial charge >= 0.3 is 5.97 Å². The number of carboxylic acid groups (broad SMARTS) is 1. The summed E-state index contributed by atoms with van der Waals surface area (Å²) in [5, 5.41) is 11.6. The first kappa shape index (κ1) is 13.2. The molecule has 0 saturated heterocycles. The van der Waals surface area contributed by atoms with Crippen LogP contribution in [0, 0.1) is 5.41 Å². The maximum Gasteiger partial charge on any atom is 0.309 e. The van der Waals surface area contributed by atoms with Crippen molar-refractivity contribution in [2.24, 2.45) is 5.41 Å². The zero-order chi connectivity index (χ0) is 14.0. The largest absolute Gasteiger partial charge is 0.481 e. The van der Waals surface area contributed by atoms with E-state index in [1.54, 1.807) is 18.2 Å². The van der Waals surface area contributed by atoms with E-state index in [2.05, 4.69) is 5.32 Å². The number of carboxylic acids is 1. The first-order valence-electron chi connectivity index (χ1n) is 5.81. The zero-order valence-electron chi connectivity index (χ0n) is 10.7. The van der Waals surface area contributed by atoms with Gasteiger partial charge in [-0.2, -0.15) is 0 Å². The molecule has 0 bridgehead atoms. The molecule has 0 unspecified atom stereocenters. The molecule has 0 radical (unpaired) electrons. The molecule has 0 atom stereocenters. The second kappa shape index (κ2) is 4.79. The van der Waals surface area contributed by atoms with Gasteiger partial charge in [0.2, 0.25) is 12.7 Å². The summed E-state index contributed by atoms with van der Waals surface area (Å²) < 4.78 is 10.3. The normalized spacial score (nSPS) is 13.2. The summed E-state index contributed by atoms with van der Waals surface area (Å²) in [4.78, 5) is 22.7. The number of carbonyl (C=O) groups is 2. The van der Waals surface area contributed by atoms with Crippen LogP contribution in [-0.4, -0.2) is 23.8 Å². The van der Waals surface area contributed by atoms with E-state index < -0.39 is 11.4 Å². The Balaban J connectivity index is 2.01. The van der Waals surface area contributed by atoms with E-state index in [0.29, 0.717) is 17.2 Å². The molecule has 0 fully saturated rings. The minimum atomic E-state index is -1.10. The van der Waals surface area contributed by atoms with E-state index in [0.717, 1.165) is 0 Å². The molecule has 0 aliphatic carbocycles. The van der Waals surface area contributed by atoms with Gasteiger partial charge in [0, 0.05) is 18.2 Å². The Kier molecular flexibility index (Phi) is 3.33. The summed E-state index contributed by atoms with van der Waals surface area (Å²) in [5.74, 6) is -0.168. The Bertz CT molecular complexity index is 524. The number of anilines is 1. The molecule has 0 saturated carbocycles. The van der Waals surface area contributed by atoms with E-state index in [1.165, 1.54) is 13.8 Å². The Morgan fingerprint density at radius 1 is 1.32 bits per heavy atom. The van der Waals surface area contributed by atoms with Crippen molar-refractivity contribution in [1.82, 2.24) is 0 Å². The second-order valence-electron chi connectivity index (χ2n) is 4.98. The van der Waals surface area contributed by atoms with E-state index in [9.17, 15) is 9.59 Å². The lowest BCUT2D eigenvalue weighted by Gasteiger charge is -2.18. The molecule has 1 amide bonds. The second-order valence-corrected chi connectivity index (χ2v) is 4.98. The number of aliphatic carboxylic acids is 1. The fourth-order valence-electron chi connectivity index (χ4n) is 1.66. The molecule has 102 valence electrons. The average Bonchev–Trinajstić information content (AvgIpc) is 2.74. The molecule has 0 spiro atoms. The highest BCUT2D eigenvalue weighted by Gasteiger charge is 2.30. The molecule has 2 N–H and O–H groups in total. The third-order valence-corrected chi connectivity index (χ3v) is 2.84. The SMILES string of the molecule is CC(C)(CC(=O)Nc1ccc2c(c1)OCO2)C(=O)O. The quantitative estimate of drug-likeness (QED) is 0.867. The number of nitrogens with one attached hydrogen (secondary N) is 1. The predicted octanol–water partition coefficient (Wildman–Crippen LogP) is 1.85. The van der Waals surface area contributed by atoms with Crippen molar-refractivity contribution in [3.8, 4) is 11.5 Å². The fraction of sp³-hybridized carbons (Fsp3) is 0.385. The van der Waals surface area contributed by atoms with Crippen LogP contribution in [0.2, 0.25) is 0 Å². The molecule has 19 heavy (non-hydrogen) atoms. The molecule has 1 heterocycles. The summed E-state index contributed by atoms with van der Waals surface area (Å²) >= 11 is 0. The Morgan fingerprint density at radius 2 is 2.00 bits per heavy atom. The molecule has 6 nitrogen and oxygen atoms in total.